The van der Waals surface area contributed by atoms with Crippen molar-refractivity contribution in [3.63, 3.8) is 0 Å². The fourth-order valence-electron chi connectivity index (χ4n) is 3.27. The molecule has 0 spiro atoms. The Hall–Kier alpha value is -3.21. The first kappa shape index (κ1) is 19.5. The largest absolute Gasteiger partial charge is 0.318 e. The fraction of sp³-hybridized carbons (Fsp3) is 0.217. The van der Waals surface area contributed by atoms with Crippen LogP contribution in [-0.4, -0.2) is 16.7 Å². The smallest absolute Gasteiger partial charge is 0.244 e. The number of benzene rings is 2. The van der Waals surface area contributed by atoms with Crippen LogP contribution in [-0.2, 0) is 11.2 Å². The maximum absolute atomic E-state index is 12.9. The number of halogens is 1. The first-order valence-electron chi connectivity index (χ1n) is 9.18. The Labute approximate surface area is 164 Å². The summed E-state index contributed by atoms with van der Waals surface area (Å²) >= 11 is 0. The van der Waals surface area contributed by atoms with Gasteiger partial charge in [0.05, 0.1) is 12.6 Å². The summed E-state index contributed by atoms with van der Waals surface area (Å²) in [6, 6.07) is 14.2. The summed E-state index contributed by atoms with van der Waals surface area (Å²) in [5, 5.41) is 4.09. The molecule has 0 atom stereocenters. The van der Waals surface area contributed by atoms with Gasteiger partial charge in [0.25, 0.3) is 0 Å². The molecular formula is C23H24FN3O. The van der Waals surface area contributed by atoms with Gasteiger partial charge in [0.1, 0.15) is 5.82 Å². The molecular weight excluding hydrogens is 353 g/mol. The zero-order valence-electron chi connectivity index (χ0n) is 16.6. The number of rotatable bonds is 5. The van der Waals surface area contributed by atoms with E-state index in [4.69, 9.17) is 0 Å². The number of hydrazone groups is 1. The molecule has 3 aromatic rings. The first-order valence-corrected chi connectivity index (χ1v) is 9.18. The van der Waals surface area contributed by atoms with E-state index in [1.54, 1.807) is 18.3 Å². The van der Waals surface area contributed by atoms with Crippen LogP contribution in [0.3, 0.4) is 0 Å². The standard InChI is InChI=1S/C23H24FN3O/c1-15-6-5-7-22(17(15)3)27-16(2)12-20(18(27)4)14-25-26-23(28)13-19-8-10-21(24)11-9-19/h5-12,14H,13H2,1-4H3,(H,26,28)/b25-14+. The molecule has 5 heteroatoms. The maximum atomic E-state index is 12.9. The summed E-state index contributed by atoms with van der Waals surface area (Å²) < 4.78 is 15.1. The monoisotopic (exact) mass is 377 g/mol. The van der Waals surface area contributed by atoms with Gasteiger partial charge in [-0.15, -0.1) is 0 Å². The molecule has 1 heterocycles. The molecule has 1 aromatic heterocycles. The number of carbonyl (C=O) groups is 1. The van der Waals surface area contributed by atoms with Gasteiger partial charge in [-0.1, -0.05) is 24.3 Å². The van der Waals surface area contributed by atoms with E-state index in [0.29, 0.717) is 0 Å². The van der Waals surface area contributed by atoms with Crippen LogP contribution >= 0.6 is 0 Å². The highest BCUT2D eigenvalue weighted by Crippen LogP contribution is 2.24. The molecule has 0 aliphatic rings. The molecule has 0 unspecified atom stereocenters. The molecule has 0 bridgehead atoms. The van der Waals surface area contributed by atoms with E-state index >= 15 is 0 Å². The van der Waals surface area contributed by atoms with Gasteiger partial charge in [-0.25, -0.2) is 9.82 Å². The molecule has 0 saturated heterocycles. The van der Waals surface area contributed by atoms with Gasteiger partial charge in [-0.2, -0.15) is 5.10 Å². The average Bonchev–Trinajstić information content (AvgIpc) is 2.93. The fourth-order valence-corrected chi connectivity index (χ4v) is 3.27. The molecule has 0 aliphatic carbocycles. The lowest BCUT2D eigenvalue weighted by molar-refractivity contribution is -0.120. The maximum Gasteiger partial charge on any atom is 0.244 e. The Morgan fingerprint density at radius 3 is 2.54 bits per heavy atom. The zero-order valence-corrected chi connectivity index (χ0v) is 16.6. The van der Waals surface area contributed by atoms with Crippen LogP contribution in [0, 0.1) is 33.5 Å². The number of aryl methyl sites for hydroxylation is 2. The number of hydrogen-bond donors (Lipinski definition) is 1. The minimum atomic E-state index is -0.318. The third-order valence-corrected chi connectivity index (χ3v) is 4.96. The summed E-state index contributed by atoms with van der Waals surface area (Å²) in [6.45, 7) is 8.31. The SMILES string of the molecule is Cc1cccc(-n2c(C)cc(/C=N/NC(=O)Cc3ccc(F)cc3)c2C)c1C. The number of carbonyl (C=O) groups excluding carboxylic acids is 1. The third-order valence-electron chi connectivity index (χ3n) is 4.96. The molecule has 2 aromatic carbocycles. The molecule has 0 aliphatic heterocycles. The van der Waals surface area contributed by atoms with Crippen LogP contribution in [0.15, 0.2) is 53.6 Å². The van der Waals surface area contributed by atoms with Crippen molar-refractivity contribution in [2.24, 2.45) is 5.10 Å². The van der Waals surface area contributed by atoms with Crippen molar-refractivity contribution < 1.29 is 9.18 Å². The van der Waals surface area contributed by atoms with Crippen LogP contribution in [0.5, 0.6) is 0 Å². The molecule has 3 rings (SSSR count). The Morgan fingerprint density at radius 1 is 1.11 bits per heavy atom. The second kappa shape index (κ2) is 8.21. The Kier molecular flexibility index (Phi) is 5.73. The number of amides is 1. The molecule has 4 nitrogen and oxygen atoms in total. The van der Waals surface area contributed by atoms with E-state index in [1.807, 2.05) is 13.0 Å². The Bertz CT molecular complexity index is 1030. The van der Waals surface area contributed by atoms with Crippen molar-refractivity contribution in [1.82, 2.24) is 9.99 Å². The number of nitrogens with one attached hydrogen (secondary N) is 1. The van der Waals surface area contributed by atoms with Crippen LogP contribution in [0.2, 0.25) is 0 Å². The molecule has 0 saturated carbocycles. The minimum Gasteiger partial charge on any atom is -0.318 e. The van der Waals surface area contributed by atoms with Crippen LogP contribution in [0.4, 0.5) is 4.39 Å². The number of nitrogens with zero attached hydrogens (tertiary/aromatic N) is 2. The summed E-state index contributed by atoms with van der Waals surface area (Å²) in [5.74, 6) is -0.562. The predicted molar refractivity (Wildman–Crippen MR) is 111 cm³/mol. The van der Waals surface area contributed by atoms with Crippen molar-refractivity contribution in [2.75, 3.05) is 0 Å². The van der Waals surface area contributed by atoms with Gasteiger partial charge in [0, 0.05) is 22.6 Å². The first-order chi connectivity index (χ1) is 13.4. The van der Waals surface area contributed by atoms with E-state index in [0.717, 1.165) is 28.2 Å². The van der Waals surface area contributed by atoms with Crippen molar-refractivity contribution in [3.8, 4) is 5.69 Å². The minimum absolute atomic E-state index is 0.152. The molecule has 1 amide bonds. The van der Waals surface area contributed by atoms with E-state index < -0.39 is 0 Å². The van der Waals surface area contributed by atoms with E-state index in [9.17, 15) is 9.18 Å². The second-order valence-electron chi connectivity index (χ2n) is 6.98. The average molecular weight is 377 g/mol. The summed E-state index contributed by atoms with van der Waals surface area (Å²) in [5.41, 5.74) is 10.0. The second-order valence-corrected chi connectivity index (χ2v) is 6.98. The third kappa shape index (κ3) is 4.19. The van der Waals surface area contributed by atoms with Crippen molar-refractivity contribution in [2.45, 2.75) is 34.1 Å². The highest BCUT2D eigenvalue weighted by Gasteiger charge is 2.12. The summed E-state index contributed by atoms with van der Waals surface area (Å²) in [6.07, 6.45) is 1.81. The Morgan fingerprint density at radius 2 is 1.82 bits per heavy atom. The van der Waals surface area contributed by atoms with Crippen LogP contribution in [0.25, 0.3) is 5.69 Å². The predicted octanol–water partition coefficient (Wildman–Crippen LogP) is 4.54. The van der Waals surface area contributed by atoms with Crippen LogP contribution in [0.1, 0.15) is 33.6 Å². The number of aromatic nitrogens is 1. The van der Waals surface area contributed by atoms with Crippen LogP contribution < -0.4 is 5.43 Å². The van der Waals surface area contributed by atoms with Gasteiger partial charge in [0.2, 0.25) is 5.91 Å². The molecule has 1 N–H and O–H groups in total. The number of hydrogen-bond acceptors (Lipinski definition) is 2. The normalized spacial score (nSPS) is 11.2. The van der Waals surface area contributed by atoms with Gasteiger partial charge in [0.15, 0.2) is 0 Å². The zero-order chi connectivity index (χ0) is 20.3. The highest BCUT2D eigenvalue weighted by molar-refractivity contribution is 5.84. The van der Waals surface area contributed by atoms with E-state index in [-0.39, 0.29) is 18.1 Å². The van der Waals surface area contributed by atoms with Crippen molar-refractivity contribution in [1.29, 1.82) is 0 Å². The topological polar surface area (TPSA) is 46.4 Å². The lowest BCUT2D eigenvalue weighted by Gasteiger charge is -2.14. The highest BCUT2D eigenvalue weighted by atomic mass is 19.1. The summed E-state index contributed by atoms with van der Waals surface area (Å²) in [4.78, 5) is 12.0. The lowest BCUT2D eigenvalue weighted by atomic mass is 10.1. The van der Waals surface area contributed by atoms with Crippen molar-refractivity contribution >= 4 is 12.1 Å². The molecule has 144 valence electrons. The summed E-state index contributed by atoms with van der Waals surface area (Å²) in [7, 11) is 0. The van der Waals surface area contributed by atoms with E-state index in [1.165, 1.54) is 23.3 Å². The van der Waals surface area contributed by atoms with E-state index in [2.05, 4.69) is 54.1 Å². The Balaban J connectivity index is 1.73. The molecule has 28 heavy (non-hydrogen) atoms. The van der Waals surface area contributed by atoms with Gasteiger partial charge >= 0.3 is 0 Å². The molecule has 0 fully saturated rings. The van der Waals surface area contributed by atoms with Gasteiger partial charge in [-0.05, 0) is 68.7 Å². The quantitative estimate of drug-likeness (QED) is 0.515. The lowest BCUT2D eigenvalue weighted by Crippen LogP contribution is -2.19. The molecule has 0 radical (unpaired) electrons. The van der Waals surface area contributed by atoms with Gasteiger partial charge < -0.3 is 4.57 Å². The van der Waals surface area contributed by atoms with Crippen molar-refractivity contribution in [3.05, 3.63) is 88.0 Å². The van der Waals surface area contributed by atoms with Gasteiger partial charge in [-0.3, -0.25) is 4.79 Å².